The van der Waals surface area contributed by atoms with Crippen LogP contribution in [0.4, 0.5) is 0 Å². The molecule has 0 saturated carbocycles. The number of nitrogens with zero attached hydrogens (tertiary/aromatic N) is 3. The molecule has 0 spiro atoms. The quantitative estimate of drug-likeness (QED) is 0.659. The van der Waals surface area contributed by atoms with Gasteiger partial charge in [0.05, 0.1) is 13.7 Å². The summed E-state index contributed by atoms with van der Waals surface area (Å²) in [5, 5.41) is 10.4. The van der Waals surface area contributed by atoms with E-state index in [0.29, 0.717) is 18.3 Å². The highest BCUT2D eigenvalue weighted by Gasteiger charge is 2.13. The minimum Gasteiger partial charge on any atom is -0.497 e. The van der Waals surface area contributed by atoms with Gasteiger partial charge >= 0.3 is 0 Å². The summed E-state index contributed by atoms with van der Waals surface area (Å²) in [4.78, 5) is 3.61. The highest BCUT2D eigenvalue weighted by atomic mass is 32.1. The summed E-state index contributed by atoms with van der Waals surface area (Å²) >= 11 is 1.76. The van der Waals surface area contributed by atoms with Crippen molar-refractivity contribution in [3.63, 3.8) is 0 Å². The molecule has 0 radical (unpaired) electrons. The molecule has 0 amide bonds. The molecule has 0 atom stereocenters. The van der Waals surface area contributed by atoms with Crippen LogP contribution in [0.2, 0.25) is 0 Å². The van der Waals surface area contributed by atoms with Crippen LogP contribution in [-0.2, 0) is 13.1 Å². The molecule has 0 unspecified atom stereocenters. The molecule has 2 heterocycles. The van der Waals surface area contributed by atoms with Gasteiger partial charge in [-0.25, -0.2) is 0 Å². The number of methoxy groups -OCH3 is 1. The van der Waals surface area contributed by atoms with Gasteiger partial charge in [0.25, 0.3) is 0 Å². The predicted molar refractivity (Wildman–Crippen MR) is 90.4 cm³/mol. The third-order valence-electron chi connectivity index (χ3n) is 3.57. The lowest BCUT2D eigenvalue weighted by molar-refractivity contribution is 0.245. The van der Waals surface area contributed by atoms with E-state index in [4.69, 9.17) is 9.15 Å². The van der Waals surface area contributed by atoms with E-state index in [-0.39, 0.29) is 0 Å². The molecular weight excluding hydrogens is 310 g/mol. The van der Waals surface area contributed by atoms with Crippen molar-refractivity contribution in [2.45, 2.75) is 20.0 Å². The number of rotatable bonds is 7. The van der Waals surface area contributed by atoms with E-state index in [1.54, 1.807) is 18.4 Å². The number of ether oxygens (including phenoxy) is 1. The molecule has 5 nitrogen and oxygen atoms in total. The van der Waals surface area contributed by atoms with Crippen molar-refractivity contribution < 1.29 is 9.15 Å². The summed E-state index contributed by atoms with van der Waals surface area (Å²) < 4.78 is 10.9. The van der Waals surface area contributed by atoms with Crippen LogP contribution in [0, 0.1) is 0 Å². The highest BCUT2D eigenvalue weighted by molar-refractivity contribution is 7.09. The molecule has 0 fully saturated rings. The first-order valence-corrected chi connectivity index (χ1v) is 8.38. The van der Waals surface area contributed by atoms with Crippen molar-refractivity contribution in [1.29, 1.82) is 0 Å². The fourth-order valence-electron chi connectivity index (χ4n) is 2.26. The lowest BCUT2D eigenvalue weighted by Crippen LogP contribution is -2.21. The lowest BCUT2D eigenvalue weighted by atomic mass is 10.2. The molecule has 23 heavy (non-hydrogen) atoms. The maximum absolute atomic E-state index is 5.79. The second-order valence-electron chi connectivity index (χ2n) is 5.11. The predicted octanol–water partition coefficient (Wildman–Crippen LogP) is 3.83. The topological polar surface area (TPSA) is 51.4 Å². The van der Waals surface area contributed by atoms with Crippen LogP contribution >= 0.6 is 11.3 Å². The van der Waals surface area contributed by atoms with Gasteiger partial charge in [-0.05, 0) is 42.3 Å². The summed E-state index contributed by atoms with van der Waals surface area (Å²) in [5.74, 6) is 1.98. The van der Waals surface area contributed by atoms with E-state index in [2.05, 4.69) is 39.5 Å². The molecule has 0 saturated heterocycles. The van der Waals surface area contributed by atoms with Crippen LogP contribution in [0.25, 0.3) is 11.5 Å². The lowest BCUT2D eigenvalue weighted by Gasteiger charge is -2.16. The van der Waals surface area contributed by atoms with Crippen LogP contribution in [-0.4, -0.2) is 28.8 Å². The summed E-state index contributed by atoms with van der Waals surface area (Å²) in [6.07, 6.45) is 0. The van der Waals surface area contributed by atoms with Gasteiger partial charge in [-0.3, -0.25) is 4.90 Å². The Hall–Kier alpha value is -2.18. The van der Waals surface area contributed by atoms with Gasteiger partial charge < -0.3 is 9.15 Å². The van der Waals surface area contributed by atoms with E-state index >= 15 is 0 Å². The zero-order valence-electron chi connectivity index (χ0n) is 13.2. The van der Waals surface area contributed by atoms with Gasteiger partial charge in [-0.1, -0.05) is 13.0 Å². The maximum Gasteiger partial charge on any atom is 0.247 e. The smallest absolute Gasteiger partial charge is 0.247 e. The highest BCUT2D eigenvalue weighted by Crippen LogP contribution is 2.22. The molecule has 0 aliphatic rings. The average Bonchev–Trinajstić information content (AvgIpc) is 3.26. The van der Waals surface area contributed by atoms with Gasteiger partial charge in [0.2, 0.25) is 11.8 Å². The molecule has 2 aromatic heterocycles. The molecule has 0 aliphatic heterocycles. The van der Waals surface area contributed by atoms with Crippen molar-refractivity contribution in [3.8, 4) is 17.2 Å². The Morgan fingerprint density at radius 3 is 2.61 bits per heavy atom. The Balaban J connectivity index is 1.67. The minimum atomic E-state index is 0.537. The fourth-order valence-corrected chi connectivity index (χ4v) is 3.01. The summed E-state index contributed by atoms with van der Waals surface area (Å²) in [7, 11) is 1.65. The second-order valence-corrected chi connectivity index (χ2v) is 6.14. The molecule has 6 heteroatoms. The van der Waals surface area contributed by atoms with Gasteiger partial charge in [0.15, 0.2) is 0 Å². The Morgan fingerprint density at radius 2 is 1.96 bits per heavy atom. The van der Waals surface area contributed by atoms with Crippen molar-refractivity contribution in [3.05, 3.63) is 52.5 Å². The zero-order chi connectivity index (χ0) is 16.1. The van der Waals surface area contributed by atoms with E-state index in [9.17, 15) is 0 Å². The van der Waals surface area contributed by atoms with E-state index < -0.39 is 0 Å². The first kappa shape index (κ1) is 15.7. The van der Waals surface area contributed by atoms with Gasteiger partial charge in [-0.15, -0.1) is 21.5 Å². The molecule has 120 valence electrons. The Bertz CT molecular complexity index is 723. The number of thiophene rings is 1. The SMILES string of the molecule is CCN(Cc1nnc(-c2ccc(OC)cc2)o1)Cc1cccs1. The van der Waals surface area contributed by atoms with Gasteiger partial charge in [0.1, 0.15) is 5.75 Å². The van der Waals surface area contributed by atoms with Gasteiger partial charge in [-0.2, -0.15) is 0 Å². The van der Waals surface area contributed by atoms with Crippen molar-refractivity contribution in [2.75, 3.05) is 13.7 Å². The first-order valence-electron chi connectivity index (χ1n) is 7.50. The first-order chi connectivity index (χ1) is 11.3. The van der Waals surface area contributed by atoms with E-state index in [1.807, 2.05) is 24.3 Å². The fraction of sp³-hybridized carbons (Fsp3) is 0.294. The Kier molecular flexibility index (Phi) is 5.05. The molecule has 3 aromatic rings. The summed E-state index contributed by atoms with van der Waals surface area (Å²) in [5.41, 5.74) is 0.894. The van der Waals surface area contributed by atoms with Gasteiger partial charge in [0, 0.05) is 17.0 Å². The van der Waals surface area contributed by atoms with E-state index in [1.165, 1.54) is 4.88 Å². The van der Waals surface area contributed by atoms with Crippen molar-refractivity contribution >= 4 is 11.3 Å². The standard InChI is InChI=1S/C17H19N3O2S/c1-3-20(11-15-5-4-10-23-15)12-16-18-19-17(22-16)13-6-8-14(21-2)9-7-13/h4-10H,3,11-12H2,1-2H3. The Labute approximate surface area is 139 Å². The largest absolute Gasteiger partial charge is 0.497 e. The van der Waals surface area contributed by atoms with Crippen LogP contribution in [0.1, 0.15) is 17.7 Å². The van der Waals surface area contributed by atoms with Crippen molar-refractivity contribution in [1.82, 2.24) is 15.1 Å². The van der Waals surface area contributed by atoms with Crippen LogP contribution in [0.3, 0.4) is 0 Å². The molecule has 1 aromatic carbocycles. The molecule has 3 rings (SSSR count). The number of aromatic nitrogens is 2. The van der Waals surface area contributed by atoms with E-state index in [0.717, 1.165) is 24.4 Å². The molecule has 0 N–H and O–H groups in total. The summed E-state index contributed by atoms with van der Waals surface area (Å²) in [6.45, 7) is 4.61. The monoisotopic (exact) mass is 329 g/mol. The third-order valence-corrected chi connectivity index (χ3v) is 4.43. The molecule has 0 aliphatic carbocycles. The Morgan fingerprint density at radius 1 is 1.13 bits per heavy atom. The summed E-state index contributed by atoms with van der Waals surface area (Å²) in [6, 6.07) is 11.8. The molecular formula is C17H19N3O2S. The minimum absolute atomic E-state index is 0.537. The van der Waals surface area contributed by atoms with Crippen LogP contribution < -0.4 is 4.74 Å². The average molecular weight is 329 g/mol. The number of benzene rings is 1. The maximum atomic E-state index is 5.79. The zero-order valence-corrected chi connectivity index (χ0v) is 14.0. The second kappa shape index (κ2) is 7.39. The van der Waals surface area contributed by atoms with Crippen LogP contribution in [0.5, 0.6) is 5.75 Å². The van der Waals surface area contributed by atoms with Crippen molar-refractivity contribution in [2.24, 2.45) is 0 Å². The number of hydrogen-bond acceptors (Lipinski definition) is 6. The molecule has 0 bridgehead atoms. The number of hydrogen-bond donors (Lipinski definition) is 0. The normalized spacial score (nSPS) is 11.1. The third kappa shape index (κ3) is 3.97. The van der Waals surface area contributed by atoms with Crippen LogP contribution in [0.15, 0.2) is 46.2 Å².